The van der Waals surface area contributed by atoms with E-state index in [1.165, 1.54) is 6.07 Å². The van der Waals surface area contributed by atoms with Gasteiger partial charge in [-0.15, -0.1) is 12.4 Å². The lowest BCUT2D eigenvalue weighted by atomic mass is 9.96. The number of hydrogen-bond acceptors (Lipinski definition) is 2. The van der Waals surface area contributed by atoms with Crippen molar-refractivity contribution >= 4 is 18.2 Å². The molecule has 0 spiro atoms. The first-order valence-corrected chi connectivity index (χ1v) is 4.14. The number of carbonyl (C=O) groups is 1. The third kappa shape index (κ3) is 2.79. The lowest BCUT2D eigenvalue weighted by molar-refractivity contribution is -0.118. The highest BCUT2D eigenvalue weighted by Crippen LogP contribution is 2.18. The average Bonchev–Trinajstić information content (AvgIpc) is 2.16. The molecule has 1 rings (SSSR count). The van der Waals surface area contributed by atoms with Crippen molar-refractivity contribution in [2.75, 3.05) is 6.54 Å². The molecule has 0 amide bonds. The van der Waals surface area contributed by atoms with E-state index in [4.69, 9.17) is 5.73 Å². The number of nitrogens with two attached hydrogens (primary N) is 1. The second-order valence-electron chi connectivity index (χ2n) is 2.91. The molecule has 78 valence electrons. The van der Waals surface area contributed by atoms with E-state index in [1.54, 1.807) is 25.1 Å². The maximum absolute atomic E-state index is 13.1. The summed E-state index contributed by atoms with van der Waals surface area (Å²) >= 11 is 0. The number of carbonyl (C=O) groups excluding carboxylic acids is 1. The Bertz CT molecular complexity index is 317. The largest absolute Gasteiger partial charge is 0.324 e. The predicted octanol–water partition coefficient (Wildman–Crippen LogP) is 1.88. The van der Waals surface area contributed by atoms with Crippen LogP contribution in [0.2, 0.25) is 0 Å². The van der Waals surface area contributed by atoms with Gasteiger partial charge in [0.05, 0.1) is 6.54 Å². The molecule has 2 N–H and O–H groups in total. The molecular weight excluding hydrogens is 205 g/mol. The Hall–Kier alpha value is -0.930. The Kier molecular flexibility index (Phi) is 5.35. The molecule has 0 aromatic heterocycles. The van der Waals surface area contributed by atoms with Gasteiger partial charge in [0.2, 0.25) is 0 Å². The minimum absolute atomic E-state index is 0. The Morgan fingerprint density at radius 1 is 1.50 bits per heavy atom. The third-order valence-electron chi connectivity index (χ3n) is 2.06. The average molecular weight is 218 g/mol. The standard InChI is InChI=1S/C10H12FNO.ClH/c1-7(10(13)6-12)8-4-2-3-5-9(8)11;/h2-5,7H,6,12H2,1H3;1H. The van der Waals surface area contributed by atoms with Gasteiger partial charge in [-0.1, -0.05) is 25.1 Å². The van der Waals surface area contributed by atoms with Gasteiger partial charge in [-0.2, -0.15) is 0 Å². The lowest BCUT2D eigenvalue weighted by Crippen LogP contribution is -2.20. The summed E-state index contributed by atoms with van der Waals surface area (Å²) in [4.78, 5) is 11.2. The van der Waals surface area contributed by atoms with E-state index < -0.39 is 5.92 Å². The van der Waals surface area contributed by atoms with Gasteiger partial charge in [-0.05, 0) is 11.6 Å². The van der Waals surface area contributed by atoms with Crippen molar-refractivity contribution in [3.63, 3.8) is 0 Å². The maximum Gasteiger partial charge on any atom is 0.153 e. The zero-order valence-corrected chi connectivity index (χ0v) is 8.68. The highest BCUT2D eigenvalue weighted by molar-refractivity contribution is 5.86. The van der Waals surface area contributed by atoms with Gasteiger partial charge >= 0.3 is 0 Å². The summed E-state index contributed by atoms with van der Waals surface area (Å²) in [7, 11) is 0. The van der Waals surface area contributed by atoms with Crippen LogP contribution >= 0.6 is 12.4 Å². The number of rotatable bonds is 3. The summed E-state index contributed by atoms with van der Waals surface area (Å²) in [6.45, 7) is 1.61. The Balaban J connectivity index is 0.00000169. The number of Topliss-reactive ketones (excluding diaryl/α,β-unsaturated/α-hetero) is 1. The van der Waals surface area contributed by atoms with Crippen LogP contribution in [-0.2, 0) is 4.79 Å². The maximum atomic E-state index is 13.1. The second-order valence-corrected chi connectivity index (χ2v) is 2.91. The van der Waals surface area contributed by atoms with Gasteiger partial charge in [-0.3, -0.25) is 4.79 Å². The van der Waals surface area contributed by atoms with Gasteiger partial charge < -0.3 is 5.73 Å². The number of halogens is 2. The summed E-state index contributed by atoms with van der Waals surface area (Å²) in [5.74, 6) is -0.951. The normalized spacial score (nSPS) is 11.6. The van der Waals surface area contributed by atoms with Gasteiger partial charge in [-0.25, -0.2) is 4.39 Å². The lowest BCUT2D eigenvalue weighted by Gasteiger charge is -2.09. The van der Waals surface area contributed by atoms with Crippen LogP contribution in [-0.4, -0.2) is 12.3 Å². The molecule has 1 aromatic rings. The van der Waals surface area contributed by atoms with Crippen molar-refractivity contribution < 1.29 is 9.18 Å². The molecule has 1 unspecified atom stereocenters. The third-order valence-corrected chi connectivity index (χ3v) is 2.06. The number of ketones is 1. The molecule has 1 atom stereocenters. The van der Waals surface area contributed by atoms with E-state index in [0.717, 1.165) is 0 Å². The first-order chi connectivity index (χ1) is 6.16. The smallest absolute Gasteiger partial charge is 0.153 e. The van der Waals surface area contributed by atoms with E-state index >= 15 is 0 Å². The molecule has 0 fully saturated rings. The van der Waals surface area contributed by atoms with Gasteiger partial charge in [0, 0.05) is 5.92 Å². The SMILES string of the molecule is CC(C(=O)CN)c1ccccc1F.Cl. The molecule has 0 aliphatic heterocycles. The molecule has 0 heterocycles. The van der Waals surface area contributed by atoms with Crippen molar-refractivity contribution in [1.82, 2.24) is 0 Å². The van der Waals surface area contributed by atoms with Crippen molar-refractivity contribution in [2.45, 2.75) is 12.8 Å². The van der Waals surface area contributed by atoms with Crippen molar-refractivity contribution in [3.05, 3.63) is 35.6 Å². The Morgan fingerprint density at radius 3 is 2.57 bits per heavy atom. The van der Waals surface area contributed by atoms with Crippen LogP contribution < -0.4 is 5.73 Å². The Labute approximate surface area is 88.7 Å². The Morgan fingerprint density at radius 2 is 2.07 bits per heavy atom. The highest BCUT2D eigenvalue weighted by Gasteiger charge is 2.16. The molecule has 0 bridgehead atoms. The first kappa shape index (κ1) is 13.1. The molecule has 14 heavy (non-hydrogen) atoms. The van der Waals surface area contributed by atoms with Crippen molar-refractivity contribution in [3.8, 4) is 0 Å². The van der Waals surface area contributed by atoms with Crippen LogP contribution in [0.15, 0.2) is 24.3 Å². The van der Waals surface area contributed by atoms with Crippen LogP contribution in [0.25, 0.3) is 0 Å². The van der Waals surface area contributed by atoms with E-state index in [-0.39, 0.29) is 30.6 Å². The molecule has 0 aliphatic rings. The molecule has 0 saturated heterocycles. The fourth-order valence-corrected chi connectivity index (χ4v) is 1.18. The van der Waals surface area contributed by atoms with E-state index in [2.05, 4.69) is 0 Å². The topological polar surface area (TPSA) is 43.1 Å². The monoisotopic (exact) mass is 217 g/mol. The van der Waals surface area contributed by atoms with Gasteiger partial charge in [0.1, 0.15) is 5.82 Å². The van der Waals surface area contributed by atoms with Crippen molar-refractivity contribution in [2.24, 2.45) is 5.73 Å². The fourth-order valence-electron chi connectivity index (χ4n) is 1.18. The van der Waals surface area contributed by atoms with Crippen LogP contribution in [0.3, 0.4) is 0 Å². The minimum atomic E-state index is -0.453. The summed E-state index contributed by atoms with van der Waals surface area (Å²) < 4.78 is 13.1. The summed E-state index contributed by atoms with van der Waals surface area (Å²) in [5, 5.41) is 0. The van der Waals surface area contributed by atoms with Crippen molar-refractivity contribution in [1.29, 1.82) is 0 Å². The van der Waals surface area contributed by atoms with E-state index in [1.807, 2.05) is 0 Å². The summed E-state index contributed by atoms with van der Waals surface area (Å²) in [6, 6.07) is 6.25. The molecule has 0 aliphatic carbocycles. The van der Waals surface area contributed by atoms with E-state index in [9.17, 15) is 9.18 Å². The van der Waals surface area contributed by atoms with Gasteiger partial charge in [0.25, 0.3) is 0 Å². The first-order valence-electron chi connectivity index (χ1n) is 4.14. The van der Waals surface area contributed by atoms with Crippen LogP contribution in [0, 0.1) is 5.82 Å². The van der Waals surface area contributed by atoms with Crippen LogP contribution in [0.1, 0.15) is 18.4 Å². The van der Waals surface area contributed by atoms with Crippen LogP contribution in [0.5, 0.6) is 0 Å². The number of hydrogen-bond donors (Lipinski definition) is 1. The zero-order chi connectivity index (χ0) is 9.84. The quantitative estimate of drug-likeness (QED) is 0.840. The zero-order valence-electron chi connectivity index (χ0n) is 7.87. The van der Waals surface area contributed by atoms with Gasteiger partial charge in [0.15, 0.2) is 5.78 Å². The molecule has 1 aromatic carbocycles. The van der Waals surface area contributed by atoms with E-state index in [0.29, 0.717) is 5.56 Å². The van der Waals surface area contributed by atoms with Crippen LogP contribution in [0.4, 0.5) is 4.39 Å². The molecule has 0 radical (unpaired) electrons. The fraction of sp³-hybridized carbons (Fsp3) is 0.300. The minimum Gasteiger partial charge on any atom is -0.324 e. The molecule has 0 saturated carbocycles. The molecule has 2 nitrogen and oxygen atoms in total. The summed E-state index contributed by atoms with van der Waals surface area (Å²) in [5.41, 5.74) is 5.60. The predicted molar refractivity (Wildman–Crippen MR) is 56.1 cm³/mol. The molecule has 4 heteroatoms. The highest BCUT2D eigenvalue weighted by atomic mass is 35.5. The second kappa shape index (κ2) is 5.73. The molecular formula is C10H13ClFNO. The number of benzene rings is 1. The summed E-state index contributed by atoms with van der Waals surface area (Å²) in [6.07, 6.45) is 0.